The first-order valence-corrected chi connectivity index (χ1v) is 7.85. The van der Waals surface area contributed by atoms with E-state index in [0.717, 1.165) is 18.9 Å². The Labute approximate surface area is 132 Å². The minimum atomic E-state index is 0.00741. The van der Waals surface area contributed by atoms with Crippen LogP contribution in [0.5, 0.6) is 0 Å². The molecule has 1 aliphatic carbocycles. The van der Waals surface area contributed by atoms with E-state index in [1.165, 1.54) is 12.0 Å². The molecule has 0 radical (unpaired) electrons. The molecule has 22 heavy (non-hydrogen) atoms. The molecule has 2 rings (SSSR count). The van der Waals surface area contributed by atoms with Gasteiger partial charge in [-0.25, -0.2) is 4.99 Å². The molecule has 0 saturated heterocycles. The highest BCUT2D eigenvalue weighted by molar-refractivity contribution is 5.85. The van der Waals surface area contributed by atoms with Gasteiger partial charge in [0.15, 0.2) is 5.96 Å². The van der Waals surface area contributed by atoms with Gasteiger partial charge in [0.25, 0.3) is 0 Å². The van der Waals surface area contributed by atoms with E-state index >= 15 is 0 Å². The van der Waals surface area contributed by atoms with Gasteiger partial charge in [-0.1, -0.05) is 37.3 Å². The summed E-state index contributed by atoms with van der Waals surface area (Å²) in [6.07, 6.45) is 2.10. The number of hydrogen-bond donors (Lipinski definition) is 2. The minimum Gasteiger partial charge on any atom is -0.356 e. The lowest BCUT2D eigenvalue weighted by Gasteiger charge is -2.13. The molecule has 0 spiro atoms. The third kappa shape index (κ3) is 5.39. The molecule has 0 bridgehead atoms. The fourth-order valence-electron chi connectivity index (χ4n) is 2.11. The standard InChI is InChI=1S/C17H26N4O/c1-13-11-15(13)20-17(19-12-16(22)21(2)3)18-10-9-14-7-5-4-6-8-14/h4-8,13,15H,9-12H2,1-3H3,(H2,18,19,20). The molecule has 120 valence electrons. The molecule has 2 N–H and O–H groups in total. The van der Waals surface area contributed by atoms with Crippen molar-refractivity contribution in [1.29, 1.82) is 0 Å². The number of amides is 1. The summed E-state index contributed by atoms with van der Waals surface area (Å²) in [6, 6.07) is 10.8. The Balaban J connectivity index is 1.84. The summed E-state index contributed by atoms with van der Waals surface area (Å²) in [5.41, 5.74) is 1.29. The van der Waals surface area contributed by atoms with Crippen molar-refractivity contribution in [2.45, 2.75) is 25.8 Å². The lowest BCUT2D eigenvalue weighted by molar-refractivity contribution is -0.127. The van der Waals surface area contributed by atoms with Crippen molar-refractivity contribution in [3.8, 4) is 0 Å². The second-order valence-corrected chi connectivity index (χ2v) is 6.08. The SMILES string of the molecule is CC1CC1NC(=NCC(=O)N(C)C)NCCc1ccccc1. The Hall–Kier alpha value is -2.04. The maximum absolute atomic E-state index is 11.7. The van der Waals surface area contributed by atoms with Gasteiger partial charge in [0, 0.05) is 26.7 Å². The van der Waals surface area contributed by atoms with Gasteiger partial charge in [-0.15, -0.1) is 0 Å². The Morgan fingerprint density at radius 2 is 2.00 bits per heavy atom. The maximum Gasteiger partial charge on any atom is 0.243 e. The van der Waals surface area contributed by atoms with E-state index in [1.807, 2.05) is 18.2 Å². The summed E-state index contributed by atoms with van der Waals surface area (Å²) in [5, 5.41) is 6.71. The van der Waals surface area contributed by atoms with Gasteiger partial charge in [-0.2, -0.15) is 0 Å². The number of rotatable bonds is 6. The quantitative estimate of drug-likeness (QED) is 0.614. The van der Waals surface area contributed by atoms with Crippen LogP contribution in [0.25, 0.3) is 0 Å². The third-order valence-corrected chi connectivity index (χ3v) is 3.85. The summed E-state index contributed by atoms with van der Waals surface area (Å²) in [6.45, 7) is 3.19. The fraction of sp³-hybridized carbons (Fsp3) is 0.529. The largest absolute Gasteiger partial charge is 0.356 e. The number of nitrogens with zero attached hydrogens (tertiary/aromatic N) is 2. The summed E-state index contributed by atoms with van der Waals surface area (Å²) < 4.78 is 0. The normalized spacial score (nSPS) is 20.4. The monoisotopic (exact) mass is 302 g/mol. The summed E-state index contributed by atoms with van der Waals surface area (Å²) >= 11 is 0. The van der Waals surface area contributed by atoms with Gasteiger partial charge >= 0.3 is 0 Å². The van der Waals surface area contributed by atoms with Gasteiger partial charge < -0.3 is 15.5 Å². The summed E-state index contributed by atoms with van der Waals surface area (Å²) in [4.78, 5) is 17.6. The minimum absolute atomic E-state index is 0.00741. The predicted octanol–water partition coefficient (Wildman–Crippen LogP) is 1.26. The van der Waals surface area contributed by atoms with Gasteiger partial charge in [0.05, 0.1) is 0 Å². The topological polar surface area (TPSA) is 56.7 Å². The highest BCUT2D eigenvalue weighted by Crippen LogP contribution is 2.28. The first-order chi connectivity index (χ1) is 10.6. The third-order valence-electron chi connectivity index (χ3n) is 3.85. The van der Waals surface area contributed by atoms with Gasteiger partial charge in [-0.05, 0) is 24.3 Å². The summed E-state index contributed by atoms with van der Waals surface area (Å²) in [7, 11) is 3.49. The molecular weight excluding hydrogens is 276 g/mol. The van der Waals surface area contributed by atoms with E-state index in [4.69, 9.17) is 0 Å². The average Bonchev–Trinajstić information content (AvgIpc) is 3.20. The molecule has 1 aromatic carbocycles. The van der Waals surface area contributed by atoms with E-state index in [2.05, 4.69) is 34.7 Å². The zero-order chi connectivity index (χ0) is 15.9. The molecule has 0 heterocycles. The van der Waals surface area contributed by atoms with Crippen LogP contribution in [-0.4, -0.2) is 50.0 Å². The molecule has 1 saturated carbocycles. The molecule has 2 unspecified atom stereocenters. The number of guanidine groups is 1. The number of aliphatic imine (C=N–C) groups is 1. The number of carbonyl (C=O) groups excluding carboxylic acids is 1. The molecule has 0 aromatic heterocycles. The molecule has 5 heteroatoms. The molecular formula is C17H26N4O. The maximum atomic E-state index is 11.7. The van der Waals surface area contributed by atoms with Gasteiger partial charge in [-0.3, -0.25) is 4.79 Å². The smallest absolute Gasteiger partial charge is 0.243 e. The summed E-state index contributed by atoms with van der Waals surface area (Å²) in [5.74, 6) is 1.43. The van der Waals surface area contributed by atoms with Crippen LogP contribution in [0.3, 0.4) is 0 Å². The predicted molar refractivity (Wildman–Crippen MR) is 89.8 cm³/mol. The zero-order valence-electron chi connectivity index (χ0n) is 13.7. The molecule has 1 aliphatic rings. The Bertz CT molecular complexity index is 513. The van der Waals surface area contributed by atoms with Crippen LogP contribution in [0, 0.1) is 5.92 Å². The number of benzene rings is 1. The Kier molecular flexibility index (Phi) is 5.81. The fourth-order valence-corrected chi connectivity index (χ4v) is 2.11. The first-order valence-electron chi connectivity index (χ1n) is 7.85. The molecule has 1 aromatic rings. The van der Waals surface area contributed by atoms with Crippen LogP contribution in [0.1, 0.15) is 18.9 Å². The number of nitrogens with one attached hydrogen (secondary N) is 2. The first kappa shape index (κ1) is 16.3. The molecule has 0 aliphatic heterocycles. The van der Waals surface area contributed by atoms with Crippen molar-refractivity contribution in [1.82, 2.24) is 15.5 Å². The van der Waals surface area contributed by atoms with E-state index in [1.54, 1.807) is 19.0 Å². The van der Waals surface area contributed by atoms with Gasteiger partial charge in [0.1, 0.15) is 6.54 Å². The van der Waals surface area contributed by atoms with Crippen LogP contribution in [0.15, 0.2) is 35.3 Å². The number of hydrogen-bond acceptors (Lipinski definition) is 2. The van der Waals surface area contributed by atoms with E-state index in [9.17, 15) is 4.79 Å². The van der Waals surface area contributed by atoms with Crippen molar-refractivity contribution < 1.29 is 4.79 Å². The lowest BCUT2D eigenvalue weighted by Crippen LogP contribution is -2.41. The van der Waals surface area contributed by atoms with E-state index < -0.39 is 0 Å². The van der Waals surface area contributed by atoms with Crippen molar-refractivity contribution in [2.24, 2.45) is 10.9 Å². The number of carbonyl (C=O) groups is 1. The van der Waals surface area contributed by atoms with Crippen LogP contribution in [0.2, 0.25) is 0 Å². The number of likely N-dealkylation sites (N-methyl/N-ethyl adjacent to an activating group) is 1. The van der Waals surface area contributed by atoms with Crippen LogP contribution < -0.4 is 10.6 Å². The molecule has 1 amide bonds. The van der Waals surface area contributed by atoms with Gasteiger partial charge in [0.2, 0.25) is 5.91 Å². The zero-order valence-corrected chi connectivity index (χ0v) is 13.7. The lowest BCUT2D eigenvalue weighted by atomic mass is 10.1. The van der Waals surface area contributed by atoms with Crippen molar-refractivity contribution in [3.05, 3.63) is 35.9 Å². The second-order valence-electron chi connectivity index (χ2n) is 6.08. The highest BCUT2D eigenvalue weighted by atomic mass is 16.2. The molecule has 2 atom stereocenters. The van der Waals surface area contributed by atoms with Crippen molar-refractivity contribution in [2.75, 3.05) is 27.2 Å². The molecule has 5 nitrogen and oxygen atoms in total. The van der Waals surface area contributed by atoms with Crippen LogP contribution in [-0.2, 0) is 11.2 Å². The average molecular weight is 302 g/mol. The van der Waals surface area contributed by atoms with Crippen LogP contribution in [0.4, 0.5) is 0 Å². The second kappa shape index (κ2) is 7.82. The van der Waals surface area contributed by atoms with E-state index in [0.29, 0.717) is 12.0 Å². The van der Waals surface area contributed by atoms with Crippen molar-refractivity contribution in [3.63, 3.8) is 0 Å². The van der Waals surface area contributed by atoms with Crippen LogP contribution >= 0.6 is 0 Å². The van der Waals surface area contributed by atoms with Crippen molar-refractivity contribution >= 4 is 11.9 Å². The van der Waals surface area contributed by atoms with E-state index in [-0.39, 0.29) is 12.5 Å². The Morgan fingerprint density at radius 3 is 2.59 bits per heavy atom. The Morgan fingerprint density at radius 1 is 1.32 bits per heavy atom. The highest BCUT2D eigenvalue weighted by Gasteiger charge is 2.33. The molecule has 1 fully saturated rings.